The molecule has 0 spiro atoms. The van der Waals surface area contributed by atoms with E-state index in [2.05, 4.69) is 10.6 Å². The topological polar surface area (TPSA) is 76.7 Å². The summed E-state index contributed by atoms with van der Waals surface area (Å²) in [5.74, 6) is 0.0911. The van der Waals surface area contributed by atoms with E-state index in [4.69, 9.17) is 21.1 Å². The number of anilines is 2. The van der Waals surface area contributed by atoms with Crippen molar-refractivity contribution in [2.45, 2.75) is 6.92 Å². The Hall–Kier alpha value is -3.77. The average Bonchev–Trinajstić information content (AvgIpc) is 2.80. The standard InChI is InChI=1S/C25H23ClN2O4/c1-16(18-11-7-8-12-19(18)26)13-24(29)27-20-14-23(32-3)21(15-22(20)31-2)28-25(30)17-9-5-4-6-10-17/h4-15H,1-3H3,(H,27,29)(H,28,30). The van der Waals surface area contributed by atoms with Gasteiger partial charge in [0.05, 0.1) is 25.6 Å². The second kappa shape index (κ2) is 10.5. The summed E-state index contributed by atoms with van der Waals surface area (Å²) < 4.78 is 10.8. The number of carbonyl (C=O) groups is 2. The molecule has 0 saturated heterocycles. The lowest BCUT2D eigenvalue weighted by Crippen LogP contribution is -2.14. The van der Waals surface area contributed by atoms with Gasteiger partial charge in [-0.2, -0.15) is 0 Å². The van der Waals surface area contributed by atoms with Crippen LogP contribution in [0.3, 0.4) is 0 Å². The number of rotatable bonds is 7. The lowest BCUT2D eigenvalue weighted by molar-refractivity contribution is -0.111. The fraction of sp³-hybridized carbons (Fsp3) is 0.120. The zero-order chi connectivity index (χ0) is 23.1. The number of amides is 2. The van der Waals surface area contributed by atoms with Gasteiger partial charge in [-0.05, 0) is 36.3 Å². The first-order chi connectivity index (χ1) is 15.4. The molecule has 0 bridgehead atoms. The molecule has 0 radical (unpaired) electrons. The summed E-state index contributed by atoms with van der Waals surface area (Å²) in [5, 5.41) is 6.16. The van der Waals surface area contributed by atoms with Gasteiger partial charge < -0.3 is 20.1 Å². The third kappa shape index (κ3) is 5.47. The van der Waals surface area contributed by atoms with Gasteiger partial charge >= 0.3 is 0 Å². The molecule has 2 amide bonds. The molecular weight excluding hydrogens is 428 g/mol. The van der Waals surface area contributed by atoms with Gasteiger partial charge in [0.25, 0.3) is 5.91 Å². The van der Waals surface area contributed by atoms with Gasteiger partial charge in [0.15, 0.2) is 0 Å². The van der Waals surface area contributed by atoms with Gasteiger partial charge in [0.1, 0.15) is 11.5 Å². The van der Waals surface area contributed by atoms with Crippen molar-refractivity contribution in [3.63, 3.8) is 0 Å². The molecule has 0 aromatic heterocycles. The lowest BCUT2D eigenvalue weighted by Gasteiger charge is -2.16. The molecular formula is C25H23ClN2O4. The third-order valence-corrected chi connectivity index (χ3v) is 5.04. The summed E-state index contributed by atoms with van der Waals surface area (Å²) in [6, 6.07) is 19.3. The van der Waals surface area contributed by atoms with Crippen molar-refractivity contribution >= 4 is 40.4 Å². The van der Waals surface area contributed by atoms with E-state index < -0.39 is 0 Å². The van der Waals surface area contributed by atoms with E-state index in [-0.39, 0.29) is 11.8 Å². The van der Waals surface area contributed by atoms with Crippen LogP contribution in [-0.2, 0) is 4.79 Å². The Morgan fingerprint density at radius 2 is 1.41 bits per heavy atom. The van der Waals surface area contributed by atoms with E-state index in [1.165, 1.54) is 20.3 Å². The molecule has 3 aromatic rings. The molecule has 0 aliphatic rings. The zero-order valence-corrected chi connectivity index (χ0v) is 18.7. The number of ether oxygens (including phenoxy) is 2. The molecule has 0 unspecified atom stereocenters. The highest BCUT2D eigenvalue weighted by molar-refractivity contribution is 6.32. The first-order valence-corrected chi connectivity index (χ1v) is 10.2. The molecule has 0 atom stereocenters. The second-order valence-electron chi connectivity index (χ2n) is 6.87. The van der Waals surface area contributed by atoms with E-state index in [9.17, 15) is 9.59 Å². The van der Waals surface area contributed by atoms with Crippen molar-refractivity contribution in [1.29, 1.82) is 0 Å². The fourth-order valence-electron chi connectivity index (χ4n) is 3.10. The average molecular weight is 451 g/mol. The lowest BCUT2D eigenvalue weighted by atomic mass is 10.1. The van der Waals surface area contributed by atoms with E-state index in [1.807, 2.05) is 24.3 Å². The Labute approximate surface area is 191 Å². The third-order valence-electron chi connectivity index (χ3n) is 4.71. The summed E-state index contributed by atoms with van der Waals surface area (Å²) >= 11 is 6.21. The number of halogens is 1. The molecule has 0 aliphatic carbocycles. The number of carbonyl (C=O) groups excluding carboxylic acids is 2. The fourth-order valence-corrected chi connectivity index (χ4v) is 3.39. The van der Waals surface area contributed by atoms with Crippen LogP contribution in [0, 0.1) is 0 Å². The predicted molar refractivity (Wildman–Crippen MR) is 128 cm³/mol. The molecule has 7 heteroatoms. The van der Waals surface area contributed by atoms with E-state index in [1.54, 1.807) is 49.4 Å². The van der Waals surface area contributed by atoms with Crippen molar-refractivity contribution in [3.05, 3.63) is 89.0 Å². The molecule has 0 fully saturated rings. The highest BCUT2D eigenvalue weighted by atomic mass is 35.5. The predicted octanol–water partition coefficient (Wildman–Crippen LogP) is 5.65. The summed E-state index contributed by atoms with van der Waals surface area (Å²) in [6.07, 6.45) is 1.46. The van der Waals surface area contributed by atoms with Crippen LogP contribution in [0.1, 0.15) is 22.8 Å². The second-order valence-corrected chi connectivity index (χ2v) is 7.28. The Balaban J connectivity index is 1.84. The maximum absolute atomic E-state index is 12.6. The summed E-state index contributed by atoms with van der Waals surface area (Å²) in [7, 11) is 2.96. The van der Waals surface area contributed by atoms with Crippen LogP contribution in [-0.4, -0.2) is 26.0 Å². The minimum atomic E-state index is -0.358. The number of methoxy groups -OCH3 is 2. The molecule has 0 heterocycles. The van der Waals surface area contributed by atoms with Crippen LogP contribution in [0.4, 0.5) is 11.4 Å². The first-order valence-electron chi connectivity index (χ1n) is 9.79. The Bertz CT molecular complexity index is 1160. The van der Waals surface area contributed by atoms with Crippen LogP contribution in [0.2, 0.25) is 5.02 Å². The minimum absolute atomic E-state index is 0.291. The Kier molecular flexibility index (Phi) is 7.52. The molecule has 3 rings (SSSR count). The molecule has 2 N–H and O–H groups in total. The first kappa shape index (κ1) is 22.9. The highest BCUT2D eigenvalue weighted by Crippen LogP contribution is 2.37. The minimum Gasteiger partial charge on any atom is -0.494 e. The summed E-state index contributed by atoms with van der Waals surface area (Å²) in [4.78, 5) is 25.2. The van der Waals surface area contributed by atoms with Gasteiger partial charge in [-0.25, -0.2) is 0 Å². The molecule has 32 heavy (non-hydrogen) atoms. The quantitative estimate of drug-likeness (QED) is 0.456. The van der Waals surface area contributed by atoms with Crippen molar-refractivity contribution in [2.75, 3.05) is 24.9 Å². The van der Waals surface area contributed by atoms with Crippen LogP contribution in [0.15, 0.2) is 72.8 Å². The SMILES string of the molecule is COc1cc(NC(=O)c2ccccc2)c(OC)cc1NC(=O)C=C(C)c1ccccc1Cl. The van der Waals surface area contributed by atoms with Gasteiger partial charge in [0, 0.05) is 28.8 Å². The Morgan fingerprint density at radius 1 is 0.844 bits per heavy atom. The van der Waals surface area contributed by atoms with Crippen molar-refractivity contribution in [3.8, 4) is 11.5 Å². The summed E-state index contributed by atoms with van der Waals surface area (Å²) in [5.41, 5.74) is 2.80. The van der Waals surface area contributed by atoms with Gasteiger partial charge in [-0.1, -0.05) is 48.0 Å². The van der Waals surface area contributed by atoms with Crippen molar-refractivity contribution in [2.24, 2.45) is 0 Å². The smallest absolute Gasteiger partial charge is 0.255 e. The van der Waals surface area contributed by atoms with Crippen LogP contribution < -0.4 is 20.1 Å². The molecule has 3 aromatic carbocycles. The van der Waals surface area contributed by atoms with Gasteiger partial charge in [0.2, 0.25) is 5.91 Å². The normalized spacial score (nSPS) is 10.9. The number of nitrogens with one attached hydrogen (secondary N) is 2. The van der Waals surface area contributed by atoms with Gasteiger partial charge in [-0.3, -0.25) is 9.59 Å². The largest absolute Gasteiger partial charge is 0.494 e. The van der Waals surface area contributed by atoms with Crippen LogP contribution in [0.5, 0.6) is 11.5 Å². The highest BCUT2D eigenvalue weighted by Gasteiger charge is 2.16. The van der Waals surface area contributed by atoms with E-state index in [0.717, 1.165) is 5.56 Å². The number of hydrogen-bond acceptors (Lipinski definition) is 4. The van der Waals surface area contributed by atoms with Crippen LogP contribution in [0.25, 0.3) is 5.57 Å². The number of hydrogen-bond donors (Lipinski definition) is 2. The maximum Gasteiger partial charge on any atom is 0.255 e. The molecule has 164 valence electrons. The molecule has 0 saturated carbocycles. The molecule has 0 aliphatic heterocycles. The number of allylic oxidation sites excluding steroid dienone is 1. The van der Waals surface area contributed by atoms with Crippen LogP contribution >= 0.6 is 11.6 Å². The zero-order valence-electron chi connectivity index (χ0n) is 17.9. The monoisotopic (exact) mass is 450 g/mol. The van der Waals surface area contributed by atoms with Crippen molar-refractivity contribution in [1.82, 2.24) is 0 Å². The maximum atomic E-state index is 12.6. The van der Waals surface area contributed by atoms with Crippen molar-refractivity contribution < 1.29 is 19.1 Å². The molecule has 6 nitrogen and oxygen atoms in total. The van der Waals surface area contributed by atoms with E-state index >= 15 is 0 Å². The van der Waals surface area contributed by atoms with E-state index in [0.29, 0.717) is 39.0 Å². The number of benzene rings is 3. The summed E-state index contributed by atoms with van der Waals surface area (Å²) in [6.45, 7) is 1.81. The Morgan fingerprint density at radius 3 is 2.00 bits per heavy atom. The van der Waals surface area contributed by atoms with Gasteiger partial charge in [-0.15, -0.1) is 0 Å².